The number of nitrogens with one attached hydrogen (secondary N) is 1. The first-order valence-electron chi connectivity index (χ1n) is 8.91. The van der Waals surface area contributed by atoms with Crippen molar-refractivity contribution in [2.45, 2.75) is 25.9 Å². The van der Waals surface area contributed by atoms with Gasteiger partial charge in [-0.1, -0.05) is 17.7 Å². The van der Waals surface area contributed by atoms with Crippen LogP contribution in [0, 0.1) is 0 Å². The van der Waals surface area contributed by atoms with Crippen molar-refractivity contribution in [1.82, 2.24) is 5.32 Å². The molecule has 5 nitrogen and oxygen atoms in total. The van der Waals surface area contributed by atoms with Gasteiger partial charge in [0.1, 0.15) is 13.2 Å². The molecule has 0 bridgehead atoms. The van der Waals surface area contributed by atoms with Gasteiger partial charge in [0, 0.05) is 19.0 Å². The summed E-state index contributed by atoms with van der Waals surface area (Å²) in [5.74, 6) is 2.98. The Balaban J connectivity index is 1.45. The van der Waals surface area contributed by atoms with Crippen molar-refractivity contribution in [3.05, 3.63) is 46.5 Å². The van der Waals surface area contributed by atoms with Crippen molar-refractivity contribution in [2.75, 3.05) is 26.4 Å². The molecule has 0 saturated heterocycles. The zero-order valence-electron chi connectivity index (χ0n) is 14.7. The Hall–Kier alpha value is -2.11. The van der Waals surface area contributed by atoms with E-state index in [0.717, 1.165) is 34.8 Å². The summed E-state index contributed by atoms with van der Waals surface area (Å²) < 4.78 is 22.7. The van der Waals surface area contributed by atoms with Gasteiger partial charge in [0.15, 0.2) is 23.0 Å². The molecule has 0 radical (unpaired) electrons. The first kappa shape index (κ1) is 17.3. The van der Waals surface area contributed by atoms with E-state index in [9.17, 15) is 0 Å². The topological polar surface area (TPSA) is 49.0 Å². The van der Waals surface area contributed by atoms with E-state index in [1.165, 1.54) is 0 Å². The highest BCUT2D eigenvalue weighted by Gasteiger charge is 2.17. The number of hydrogen-bond acceptors (Lipinski definition) is 5. The summed E-state index contributed by atoms with van der Waals surface area (Å²) in [6.45, 7) is 5.26. The summed E-state index contributed by atoms with van der Waals surface area (Å²) in [6.07, 6.45) is 0.861. The fraction of sp³-hybridized carbons (Fsp3) is 0.400. The van der Waals surface area contributed by atoms with E-state index in [1.807, 2.05) is 24.3 Å². The molecule has 1 N–H and O–H groups in total. The van der Waals surface area contributed by atoms with Crippen LogP contribution < -0.4 is 24.3 Å². The van der Waals surface area contributed by atoms with E-state index < -0.39 is 0 Å². The monoisotopic (exact) mass is 375 g/mol. The maximum Gasteiger partial charge on any atom is 0.179 e. The lowest BCUT2D eigenvalue weighted by atomic mass is 10.1. The molecule has 0 saturated carbocycles. The van der Waals surface area contributed by atoms with Crippen LogP contribution in [0.2, 0.25) is 5.02 Å². The molecule has 2 aromatic carbocycles. The third kappa shape index (κ3) is 3.69. The molecular formula is C20H22ClNO4. The zero-order chi connectivity index (χ0) is 17.9. The number of ether oxygens (including phenoxy) is 4. The van der Waals surface area contributed by atoms with Gasteiger partial charge in [0.25, 0.3) is 0 Å². The Labute approximate surface area is 158 Å². The van der Waals surface area contributed by atoms with E-state index in [0.29, 0.717) is 43.7 Å². The predicted molar refractivity (Wildman–Crippen MR) is 99.7 cm³/mol. The van der Waals surface area contributed by atoms with Gasteiger partial charge in [-0.15, -0.1) is 0 Å². The van der Waals surface area contributed by atoms with Crippen LogP contribution in [0.15, 0.2) is 30.3 Å². The lowest BCUT2D eigenvalue weighted by molar-refractivity contribution is 0.171. The van der Waals surface area contributed by atoms with Crippen molar-refractivity contribution in [3.8, 4) is 23.0 Å². The third-order valence-corrected chi connectivity index (χ3v) is 4.82. The molecule has 0 amide bonds. The number of rotatable bonds is 4. The van der Waals surface area contributed by atoms with Crippen molar-refractivity contribution in [3.63, 3.8) is 0 Å². The summed E-state index contributed by atoms with van der Waals surface area (Å²) in [5, 5.41) is 4.11. The molecule has 26 heavy (non-hydrogen) atoms. The van der Waals surface area contributed by atoms with Gasteiger partial charge in [-0.2, -0.15) is 0 Å². The number of hydrogen-bond donors (Lipinski definition) is 1. The molecule has 0 unspecified atom stereocenters. The van der Waals surface area contributed by atoms with E-state index in [4.69, 9.17) is 30.5 Å². The second-order valence-corrected chi connectivity index (χ2v) is 6.87. The highest BCUT2D eigenvalue weighted by molar-refractivity contribution is 6.32. The summed E-state index contributed by atoms with van der Waals surface area (Å²) in [4.78, 5) is 0. The minimum Gasteiger partial charge on any atom is -0.489 e. The van der Waals surface area contributed by atoms with Crippen LogP contribution in [0.1, 0.15) is 30.5 Å². The van der Waals surface area contributed by atoms with Crippen LogP contribution in [0.25, 0.3) is 0 Å². The molecule has 2 aliphatic heterocycles. The molecule has 6 heteroatoms. The summed E-state index contributed by atoms with van der Waals surface area (Å²) >= 11 is 6.37. The van der Waals surface area contributed by atoms with Gasteiger partial charge >= 0.3 is 0 Å². The normalized spacial score (nSPS) is 16.7. The van der Waals surface area contributed by atoms with Gasteiger partial charge in [0.05, 0.1) is 18.2 Å². The Kier molecular flexibility index (Phi) is 5.09. The summed E-state index contributed by atoms with van der Waals surface area (Å²) in [5.41, 5.74) is 2.21. The molecule has 0 aromatic heterocycles. The van der Waals surface area contributed by atoms with Gasteiger partial charge in [-0.05, 0) is 42.3 Å². The smallest absolute Gasteiger partial charge is 0.179 e. The molecule has 1 atom stereocenters. The largest absolute Gasteiger partial charge is 0.489 e. The Morgan fingerprint density at radius 1 is 0.923 bits per heavy atom. The number of fused-ring (bicyclic) bond motifs is 2. The van der Waals surface area contributed by atoms with Crippen LogP contribution in [-0.2, 0) is 6.54 Å². The maximum absolute atomic E-state index is 6.37. The molecular weight excluding hydrogens is 354 g/mol. The first-order chi connectivity index (χ1) is 12.7. The van der Waals surface area contributed by atoms with Crippen LogP contribution in [0.3, 0.4) is 0 Å². The predicted octanol–water partition coefficient (Wildman–Crippen LogP) is 4.12. The minimum atomic E-state index is 0.153. The number of benzene rings is 2. The standard InChI is InChI=1S/C20H22ClNO4/c1-13(15-3-4-17-18(11-15)25-8-7-24-17)22-12-14-9-16(21)20-19(10-14)23-5-2-6-26-20/h3-4,9-11,13,22H,2,5-8,12H2,1H3/t13-/m0/s1. The second kappa shape index (κ2) is 7.64. The fourth-order valence-corrected chi connectivity index (χ4v) is 3.39. The molecule has 2 heterocycles. The highest BCUT2D eigenvalue weighted by Crippen LogP contribution is 2.38. The average molecular weight is 376 g/mol. The van der Waals surface area contributed by atoms with E-state index in [-0.39, 0.29) is 6.04 Å². The van der Waals surface area contributed by atoms with E-state index in [2.05, 4.69) is 18.3 Å². The van der Waals surface area contributed by atoms with Gasteiger partial charge < -0.3 is 24.3 Å². The van der Waals surface area contributed by atoms with Gasteiger partial charge in [-0.25, -0.2) is 0 Å². The molecule has 0 aliphatic carbocycles. The Morgan fingerprint density at radius 2 is 1.69 bits per heavy atom. The Bertz CT molecular complexity index is 796. The SMILES string of the molecule is C[C@H](NCc1cc(Cl)c2c(c1)OCCCO2)c1ccc2c(c1)OCCO2. The molecule has 0 fully saturated rings. The molecule has 4 rings (SSSR count). The summed E-state index contributed by atoms with van der Waals surface area (Å²) in [7, 11) is 0. The third-order valence-electron chi connectivity index (χ3n) is 4.54. The second-order valence-electron chi connectivity index (χ2n) is 6.46. The van der Waals surface area contributed by atoms with E-state index >= 15 is 0 Å². The van der Waals surface area contributed by atoms with Crippen LogP contribution in [0.4, 0.5) is 0 Å². The Morgan fingerprint density at radius 3 is 2.58 bits per heavy atom. The van der Waals surface area contributed by atoms with Crippen molar-refractivity contribution >= 4 is 11.6 Å². The van der Waals surface area contributed by atoms with Crippen LogP contribution >= 0.6 is 11.6 Å². The zero-order valence-corrected chi connectivity index (χ0v) is 15.5. The summed E-state index contributed by atoms with van der Waals surface area (Å²) in [6, 6.07) is 10.1. The highest BCUT2D eigenvalue weighted by atomic mass is 35.5. The molecule has 2 aliphatic rings. The number of halogens is 1. The van der Waals surface area contributed by atoms with Gasteiger partial charge in [-0.3, -0.25) is 0 Å². The average Bonchev–Trinajstić information content (AvgIpc) is 2.91. The van der Waals surface area contributed by atoms with Crippen LogP contribution in [-0.4, -0.2) is 26.4 Å². The first-order valence-corrected chi connectivity index (χ1v) is 9.29. The molecule has 2 aromatic rings. The minimum absolute atomic E-state index is 0.153. The van der Waals surface area contributed by atoms with Crippen molar-refractivity contribution < 1.29 is 18.9 Å². The lowest BCUT2D eigenvalue weighted by Crippen LogP contribution is -2.19. The van der Waals surface area contributed by atoms with Crippen molar-refractivity contribution in [2.24, 2.45) is 0 Å². The van der Waals surface area contributed by atoms with Crippen LogP contribution in [0.5, 0.6) is 23.0 Å². The quantitative estimate of drug-likeness (QED) is 0.871. The molecule has 138 valence electrons. The van der Waals surface area contributed by atoms with Gasteiger partial charge in [0.2, 0.25) is 0 Å². The van der Waals surface area contributed by atoms with Crippen molar-refractivity contribution in [1.29, 1.82) is 0 Å². The van der Waals surface area contributed by atoms with E-state index in [1.54, 1.807) is 0 Å². The lowest BCUT2D eigenvalue weighted by Gasteiger charge is -2.21. The molecule has 0 spiro atoms. The fourth-order valence-electron chi connectivity index (χ4n) is 3.10. The maximum atomic E-state index is 6.37.